The molecule has 0 aromatic rings. The maximum atomic E-state index is 10.7. The molecule has 0 amide bonds. The molecule has 1 saturated heterocycles. The van der Waals surface area contributed by atoms with Crippen molar-refractivity contribution in [2.75, 3.05) is 5.33 Å². The van der Waals surface area contributed by atoms with Crippen molar-refractivity contribution in [2.24, 2.45) is 0 Å². The highest BCUT2D eigenvalue weighted by atomic mass is 79.9. The van der Waals surface area contributed by atoms with E-state index in [2.05, 4.69) is 20.8 Å². The number of hydroxylamine groups is 2. The van der Waals surface area contributed by atoms with Crippen LogP contribution in [0.1, 0.15) is 12.8 Å². The Bertz CT molecular complexity index is 167. The first-order valence-corrected chi connectivity index (χ1v) is 4.68. The largest absolute Gasteiger partial charge is 0.375 e. The van der Waals surface area contributed by atoms with E-state index in [1.54, 1.807) is 0 Å². The molecule has 70 valence electrons. The summed E-state index contributed by atoms with van der Waals surface area (Å²) in [5.41, 5.74) is 0. The lowest BCUT2D eigenvalue weighted by Crippen LogP contribution is -2.38. The van der Waals surface area contributed by atoms with Crippen molar-refractivity contribution in [1.29, 1.82) is 0 Å². The maximum absolute atomic E-state index is 10.7. The fourth-order valence-electron chi connectivity index (χ4n) is 1.01. The summed E-state index contributed by atoms with van der Waals surface area (Å²) in [7, 11) is 0. The highest BCUT2D eigenvalue weighted by Crippen LogP contribution is 2.20. The second-order valence-corrected chi connectivity index (χ2v) is 3.06. The standard InChI is InChI=1S/C6H10BrNO4/c7-3-6(11)12-8-4(9)1-2-5(8)10/h4-5,9-10H,1-3H2. The second kappa shape index (κ2) is 4.18. The van der Waals surface area contributed by atoms with Crippen molar-refractivity contribution in [2.45, 2.75) is 25.3 Å². The van der Waals surface area contributed by atoms with Gasteiger partial charge in [-0.1, -0.05) is 21.0 Å². The van der Waals surface area contributed by atoms with Crippen LogP contribution in [0.3, 0.4) is 0 Å². The van der Waals surface area contributed by atoms with Gasteiger partial charge in [0.2, 0.25) is 0 Å². The topological polar surface area (TPSA) is 70.0 Å². The zero-order valence-corrected chi connectivity index (χ0v) is 7.90. The van der Waals surface area contributed by atoms with Gasteiger partial charge in [0.05, 0.1) is 0 Å². The third-order valence-corrected chi connectivity index (χ3v) is 2.04. The summed E-state index contributed by atoms with van der Waals surface area (Å²) >= 11 is 2.90. The van der Waals surface area contributed by atoms with Crippen LogP contribution >= 0.6 is 15.9 Å². The molecule has 1 aliphatic heterocycles. The quantitative estimate of drug-likeness (QED) is 0.641. The van der Waals surface area contributed by atoms with Crippen molar-refractivity contribution in [3.8, 4) is 0 Å². The summed E-state index contributed by atoms with van der Waals surface area (Å²) in [6.45, 7) is 0. The molecule has 0 aromatic carbocycles. The number of nitrogens with zero attached hydrogens (tertiary/aromatic N) is 1. The minimum Gasteiger partial charge on any atom is -0.375 e. The molecule has 1 fully saturated rings. The van der Waals surface area contributed by atoms with E-state index in [4.69, 9.17) is 0 Å². The van der Waals surface area contributed by atoms with Gasteiger partial charge in [-0.05, 0) is 12.8 Å². The Hall–Kier alpha value is -0.170. The highest BCUT2D eigenvalue weighted by molar-refractivity contribution is 9.09. The van der Waals surface area contributed by atoms with Gasteiger partial charge in [0.15, 0.2) is 0 Å². The molecule has 2 N–H and O–H groups in total. The average molecular weight is 240 g/mol. The SMILES string of the molecule is O=C(CBr)ON1C(O)CCC1O. The summed E-state index contributed by atoms with van der Waals surface area (Å²) in [6.07, 6.45) is -0.945. The van der Waals surface area contributed by atoms with Gasteiger partial charge in [-0.3, -0.25) is 0 Å². The van der Waals surface area contributed by atoms with Crippen LogP contribution in [0.15, 0.2) is 0 Å². The molecular weight excluding hydrogens is 230 g/mol. The fraction of sp³-hybridized carbons (Fsp3) is 0.833. The summed E-state index contributed by atoms with van der Waals surface area (Å²) < 4.78 is 0. The van der Waals surface area contributed by atoms with Gasteiger partial charge in [0.1, 0.15) is 17.8 Å². The zero-order valence-electron chi connectivity index (χ0n) is 6.31. The Morgan fingerprint density at radius 2 is 2.00 bits per heavy atom. The van der Waals surface area contributed by atoms with Crippen molar-refractivity contribution in [3.63, 3.8) is 0 Å². The first kappa shape index (κ1) is 9.91. The number of aliphatic hydroxyl groups excluding tert-OH is 2. The Labute approximate surface area is 78.0 Å². The van der Waals surface area contributed by atoms with E-state index in [-0.39, 0.29) is 5.33 Å². The van der Waals surface area contributed by atoms with Crippen molar-refractivity contribution in [3.05, 3.63) is 0 Å². The molecular formula is C6H10BrNO4. The Kier molecular flexibility index (Phi) is 3.45. The number of halogens is 1. The van der Waals surface area contributed by atoms with E-state index in [1.807, 2.05) is 0 Å². The van der Waals surface area contributed by atoms with Crippen molar-refractivity contribution in [1.82, 2.24) is 5.06 Å². The van der Waals surface area contributed by atoms with Gasteiger partial charge in [-0.2, -0.15) is 0 Å². The van der Waals surface area contributed by atoms with Gasteiger partial charge in [-0.25, -0.2) is 4.79 Å². The maximum Gasteiger partial charge on any atom is 0.335 e. The number of carbonyl (C=O) groups excluding carboxylic acids is 1. The Balaban J connectivity index is 2.44. The van der Waals surface area contributed by atoms with Gasteiger partial charge in [0.25, 0.3) is 0 Å². The molecule has 5 nitrogen and oxygen atoms in total. The summed E-state index contributed by atoms with van der Waals surface area (Å²) in [5.74, 6) is -0.532. The number of aliphatic hydroxyl groups is 2. The van der Waals surface area contributed by atoms with Crippen LogP contribution in [0.4, 0.5) is 0 Å². The summed E-state index contributed by atoms with van der Waals surface area (Å²) in [4.78, 5) is 15.4. The number of alkyl halides is 1. The Morgan fingerprint density at radius 3 is 2.42 bits per heavy atom. The summed E-state index contributed by atoms with van der Waals surface area (Å²) in [5, 5.41) is 19.3. The lowest BCUT2D eigenvalue weighted by molar-refractivity contribution is -0.259. The van der Waals surface area contributed by atoms with E-state index in [9.17, 15) is 15.0 Å². The van der Waals surface area contributed by atoms with E-state index < -0.39 is 18.4 Å². The van der Waals surface area contributed by atoms with Gasteiger partial charge in [-0.15, -0.1) is 0 Å². The molecule has 12 heavy (non-hydrogen) atoms. The lowest BCUT2D eigenvalue weighted by atomic mass is 10.3. The van der Waals surface area contributed by atoms with E-state index in [0.717, 1.165) is 5.06 Å². The van der Waals surface area contributed by atoms with Crippen LogP contribution in [0, 0.1) is 0 Å². The van der Waals surface area contributed by atoms with Crippen LogP contribution in [0.2, 0.25) is 0 Å². The van der Waals surface area contributed by atoms with Crippen LogP contribution < -0.4 is 0 Å². The molecule has 0 aliphatic carbocycles. The van der Waals surface area contributed by atoms with E-state index >= 15 is 0 Å². The monoisotopic (exact) mass is 239 g/mol. The molecule has 1 aliphatic rings. The van der Waals surface area contributed by atoms with Gasteiger partial charge < -0.3 is 15.1 Å². The minimum atomic E-state index is -0.886. The van der Waals surface area contributed by atoms with Crippen molar-refractivity contribution < 1.29 is 19.8 Å². The predicted octanol–water partition coefficient (Wildman–Crippen LogP) is -0.428. The third kappa shape index (κ3) is 2.16. The molecule has 1 heterocycles. The first-order chi connectivity index (χ1) is 5.65. The normalized spacial score (nSPS) is 30.6. The van der Waals surface area contributed by atoms with Crippen molar-refractivity contribution >= 4 is 21.9 Å². The van der Waals surface area contributed by atoms with Crippen LogP contribution in [-0.4, -0.2) is 39.0 Å². The number of carbonyl (C=O) groups is 1. The number of hydrogen-bond acceptors (Lipinski definition) is 5. The average Bonchev–Trinajstić information content (AvgIpc) is 2.35. The van der Waals surface area contributed by atoms with Crippen LogP contribution in [0.25, 0.3) is 0 Å². The molecule has 0 saturated carbocycles. The zero-order chi connectivity index (χ0) is 9.14. The first-order valence-electron chi connectivity index (χ1n) is 3.56. The molecule has 1 rings (SSSR count). The molecule has 2 atom stereocenters. The third-order valence-electron chi connectivity index (χ3n) is 1.59. The fourth-order valence-corrected chi connectivity index (χ4v) is 1.12. The Morgan fingerprint density at radius 1 is 1.50 bits per heavy atom. The van der Waals surface area contributed by atoms with E-state index in [1.165, 1.54) is 0 Å². The molecule has 0 spiro atoms. The molecule has 0 radical (unpaired) electrons. The molecule has 0 aromatic heterocycles. The highest BCUT2D eigenvalue weighted by Gasteiger charge is 2.33. The molecule has 6 heteroatoms. The van der Waals surface area contributed by atoms with E-state index in [0.29, 0.717) is 12.8 Å². The summed E-state index contributed by atoms with van der Waals surface area (Å²) in [6, 6.07) is 0. The van der Waals surface area contributed by atoms with Crippen LogP contribution in [0.5, 0.6) is 0 Å². The smallest absolute Gasteiger partial charge is 0.335 e. The second-order valence-electron chi connectivity index (χ2n) is 2.50. The number of rotatable bonds is 2. The van der Waals surface area contributed by atoms with Gasteiger partial charge in [0, 0.05) is 0 Å². The molecule has 2 unspecified atom stereocenters. The van der Waals surface area contributed by atoms with Crippen LogP contribution in [-0.2, 0) is 9.63 Å². The lowest BCUT2D eigenvalue weighted by Gasteiger charge is -2.21. The van der Waals surface area contributed by atoms with Gasteiger partial charge >= 0.3 is 5.97 Å². The number of hydrogen-bond donors (Lipinski definition) is 2. The predicted molar refractivity (Wildman–Crippen MR) is 43.0 cm³/mol. The molecule has 0 bridgehead atoms. The minimum absolute atomic E-state index is 0.0446.